The van der Waals surface area contributed by atoms with Crippen molar-refractivity contribution in [3.8, 4) is 23.0 Å². The van der Waals surface area contributed by atoms with Crippen LogP contribution >= 0.6 is 0 Å². The van der Waals surface area contributed by atoms with Crippen molar-refractivity contribution in [2.75, 3.05) is 0 Å². The van der Waals surface area contributed by atoms with Crippen molar-refractivity contribution < 1.29 is 31.8 Å². The van der Waals surface area contributed by atoms with Gasteiger partial charge in [0, 0.05) is 5.56 Å². The number of phenolic OH excluding ortho intramolecular Hbond substituents is 2. The molecular formula is C17H22O7S. The Morgan fingerprint density at radius 1 is 1.04 bits per heavy atom. The highest BCUT2D eigenvalue weighted by Gasteiger charge is 2.38. The Bertz CT molecular complexity index is 794. The highest BCUT2D eigenvalue weighted by atomic mass is 32.3. The number of benzene rings is 1. The maximum atomic E-state index is 12.3. The minimum absolute atomic E-state index is 0.0231. The lowest BCUT2D eigenvalue weighted by atomic mass is 10.0. The van der Waals surface area contributed by atoms with Crippen molar-refractivity contribution >= 4 is 16.2 Å². The van der Waals surface area contributed by atoms with Crippen molar-refractivity contribution in [1.82, 2.24) is 0 Å². The van der Waals surface area contributed by atoms with Crippen molar-refractivity contribution in [1.29, 1.82) is 0 Å². The highest BCUT2D eigenvalue weighted by molar-refractivity contribution is 7.82. The molecule has 2 rings (SSSR count). The minimum Gasteiger partial charge on any atom is -0.504 e. The van der Waals surface area contributed by atoms with Gasteiger partial charge in [-0.25, -0.2) is 0 Å². The summed E-state index contributed by atoms with van der Waals surface area (Å²) in [7, 11) is -4.35. The second kappa shape index (κ2) is 7.77. The number of carbonyl (C=O) groups is 1. The summed E-state index contributed by atoms with van der Waals surface area (Å²) in [6, 6.07) is 0. The maximum Gasteiger partial charge on any atom is 0.501 e. The molecule has 0 atom stereocenters. The Morgan fingerprint density at radius 2 is 1.68 bits per heavy atom. The van der Waals surface area contributed by atoms with Crippen molar-refractivity contribution in [2.45, 2.75) is 52.4 Å². The molecule has 0 amide bonds. The van der Waals surface area contributed by atoms with Gasteiger partial charge < -0.3 is 18.6 Å². The van der Waals surface area contributed by atoms with Crippen LogP contribution in [0.2, 0.25) is 0 Å². The third kappa shape index (κ3) is 4.25. The topological polar surface area (TPSA) is 110 Å². The fraction of sp³-hybridized carbons (Fsp3) is 0.471. The van der Waals surface area contributed by atoms with Gasteiger partial charge in [0.05, 0.1) is 0 Å². The smallest absolute Gasteiger partial charge is 0.501 e. The summed E-state index contributed by atoms with van der Waals surface area (Å²) in [5, 5.41) is 20.0. The van der Waals surface area contributed by atoms with E-state index in [1.165, 1.54) is 19.4 Å². The van der Waals surface area contributed by atoms with E-state index in [0.29, 0.717) is 6.42 Å². The zero-order valence-corrected chi connectivity index (χ0v) is 15.1. The Kier molecular flexibility index (Phi) is 5.94. The van der Waals surface area contributed by atoms with Gasteiger partial charge in [-0.05, 0) is 25.8 Å². The minimum atomic E-state index is -4.35. The Morgan fingerprint density at radius 3 is 2.36 bits per heavy atom. The van der Waals surface area contributed by atoms with Crippen LogP contribution in [-0.2, 0) is 10.4 Å². The number of allylic oxidation sites excluding steroid dienone is 2. The fourth-order valence-corrected chi connectivity index (χ4v) is 3.37. The first-order valence-electron chi connectivity index (χ1n) is 8.21. The van der Waals surface area contributed by atoms with Crippen molar-refractivity contribution in [3.05, 3.63) is 23.3 Å². The molecule has 138 valence electrons. The summed E-state index contributed by atoms with van der Waals surface area (Å²) in [5.41, 5.74) is -0.452. The van der Waals surface area contributed by atoms with Gasteiger partial charge >= 0.3 is 10.4 Å². The van der Waals surface area contributed by atoms with Crippen LogP contribution in [0.5, 0.6) is 23.0 Å². The van der Waals surface area contributed by atoms with Crippen LogP contribution < -0.4 is 8.37 Å². The van der Waals surface area contributed by atoms with Crippen LogP contribution in [0.15, 0.2) is 12.2 Å². The van der Waals surface area contributed by atoms with E-state index < -0.39 is 39.0 Å². The lowest BCUT2D eigenvalue weighted by Gasteiger charge is -2.09. The molecule has 1 aromatic carbocycles. The van der Waals surface area contributed by atoms with Crippen LogP contribution in [-0.4, -0.2) is 24.4 Å². The maximum absolute atomic E-state index is 12.3. The van der Waals surface area contributed by atoms with Gasteiger partial charge in [0.1, 0.15) is 5.56 Å². The van der Waals surface area contributed by atoms with Gasteiger partial charge in [0.15, 0.2) is 23.0 Å². The quantitative estimate of drug-likeness (QED) is 0.312. The van der Waals surface area contributed by atoms with Gasteiger partial charge in [-0.3, -0.25) is 4.79 Å². The van der Waals surface area contributed by atoms with E-state index >= 15 is 0 Å². The molecule has 1 aliphatic heterocycles. The molecule has 8 heteroatoms. The molecule has 0 aromatic heterocycles. The summed E-state index contributed by atoms with van der Waals surface area (Å²) >= 11 is 0. The predicted molar refractivity (Wildman–Crippen MR) is 91.5 cm³/mol. The zero-order valence-electron chi connectivity index (χ0n) is 14.2. The van der Waals surface area contributed by atoms with Gasteiger partial charge in [-0.1, -0.05) is 38.7 Å². The molecular weight excluding hydrogens is 348 g/mol. The molecule has 0 radical (unpaired) electrons. The van der Waals surface area contributed by atoms with Crippen LogP contribution in [0.4, 0.5) is 0 Å². The summed E-state index contributed by atoms with van der Waals surface area (Å²) in [5.74, 6) is -2.69. The number of phenols is 2. The second-order valence-electron chi connectivity index (χ2n) is 5.90. The number of fused-ring (bicyclic) bond motifs is 1. The van der Waals surface area contributed by atoms with Gasteiger partial charge in [0.25, 0.3) is 0 Å². The Hall–Kier alpha value is -2.22. The molecule has 2 N–H and O–H groups in total. The average molecular weight is 370 g/mol. The molecule has 0 fully saturated rings. The third-order valence-corrected chi connectivity index (χ3v) is 4.69. The second-order valence-corrected chi connectivity index (χ2v) is 7.05. The van der Waals surface area contributed by atoms with Crippen LogP contribution in [0.3, 0.4) is 0 Å². The molecule has 0 saturated heterocycles. The molecule has 0 bridgehead atoms. The van der Waals surface area contributed by atoms with Crippen molar-refractivity contribution in [2.24, 2.45) is 0 Å². The Balaban J connectivity index is 2.18. The molecule has 0 aliphatic carbocycles. The van der Waals surface area contributed by atoms with E-state index in [1.54, 1.807) is 6.08 Å². The van der Waals surface area contributed by atoms with Crippen LogP contribution in [0.25, 0.3) is 0 Å². The predicted octanol–water partition coefficient (Wildman–Crippen LogP) is 3.52. The van der Waals surface area contributed by atoms with E-state index in [2.05, 4.69) is 15.3 Å². The van der Waals surface area contributed by atoms with Crippen LogP contribution in [0, 0.1) is 6.92 Å². The molecule has 0 unspecified atom stereocenters. The van der Waals surface area contributed by atoms with Gasteiger partial charge in [-0.2, -0.15) is 0 Å². The largest absolute Gasteiger partial charge is 0.504 e. The monoisotopic (exact) mass is 370 g/mol. The van der Waals surface area contributed by atoms with E-state index in [9.17, 15) is 23.4 Å². The number of carbonyl (C=O) groups excluding carboxylic acids is 1. The molecule has 0 saturated carbocycles. The number of aromatic hydroxyl groups is 2. The SMILES string of the molecule is CCCCCCC/C=C/C(=O)c1c(O)c(O)c(C)c2c1OS(=O)(=O)O2. The lowest BCUT2D eigenvalue weighted by molar-refractivity contribution is 0.104. The molecule has 7 nitrogen and oxygen atoms in total. The number of hydrogen-bond acceptors (Lipinski definition) is 7. The molecule has 1 aromatic rings. The average Bonchev–Trinajstić information content (AvgIpc) is 2.87. The molecule has 1 aliphatic rings. The van der Waals surface area contributed by atoms with E-state index in [1.807, 2.05) is 0 Å². The lowest BCUT2D eigenvalue weighted by Crippen LogP contribution is -2.09. The first-order chi connectivity index (χ1) is 11.8. The number of ketones is 1. The number of hydrogen-bond donors (Lipinski definition) is 2. The summed E-state index contributed by atoms with van der Waals surface area (Å²) in [6.45, 7) is 3.48. The molecule has 25 heavy (non-hydrogen) atoms. The fourth-order valence-electron chi connectivity index (χ4n) is 2.56. The summed E-state index contributed by atoms with van der Waals surface area (Å²) < 4.78 is 32.3. The standard InChI is InChI=1S/C17H22O7S/c1-3-4-5-6-7-8-9-10-12(18)13-15(20)14(19)11(2)16-17(13)24-25(21,22)23-16/h9-10,19-20H,3-8H2,1-2H3/b10-9+. The first kappa shape index (κ1) is 19.1. The number of unbranched alkanes of at least 4 members (excludes halogenated alkanes) is 5. The van der Waals surface area contributed by atoms with E-state index in [0.717, 1.165) is 25.7 Å². The summed E-state index contributed by atoms with van der Waals surface area (Å²) in [4.78, 5) is 12.3. The zero-order chi connectivity index (χ0) is 18.6. The Labute approximate surface area is 147 Å². The third-order valence-electron chi connectivity index (χ3n) is 3.95. The van der Waals surface area contributed by atoms with Crippen LogP contribution in [0.1, 0.15) is 61.4 Å². The van der Waals surface area contributed by atoms with E-state index in [4.69, 9.17) is 0 Å². The van der Waals surface area contributed by atoms with Gasteiger partial charge in [0.2, 0.25) is 5.75 Å². The van der Waals surface area contributed by atoms with E-state index in [-0.39, 0.29) is 11.3 Å². The molecule has 0 spiro atoms. The normalized spacial score (nSPS) is 15.0. The summed E-state index contributed by atoms with van der Waals surface area (Å²) in [6.07, 6.45) is 9.04. The molecule has 1 heterocycles. The highest BCUT2D eigenvalue weighted by Crippen LogP contribution is 2.51. The van der Waals surface area contributed by atoms with Crippen molar-refractivity contribution in [3.63, 3.8) is 0 Å². The first-order valence-corrected chi connectivity index (χ1v) is 9.55. The van der Waals surface area contributed by atoms with Gasteiger partial charge in [-0.15, -0.1) is 8.42 Å². The number of rotatable bonds is 8.